The van der Waals surface area contributed by atoms with Crippen molar-refractivity contribution in [3.05, 3.63) is 21.9 Å². The van der Waals surface area contributed by atoms with Crippen molar-refractivity contribution in [1.82, 2.24) is 10.2 Å². The van der Waals surface area contributed by atoms with Gasteiger partial charge in [-0.25, -0.2) is 0 Å². The molecular weight excluding hydrogens is 284 g/mol. The number of hydrogen-bond acceptors (Lipinski definition) is 4. The van der Waals surface area contributed by atoms with Crippen molar-refractivity contribution in [3.8, 4) is 0 Å². The summed E-state index contributed by atoms with van der Waals surface area (Å²) in [6.45, 7) is 3.09. The monoisotopic (exact) mass is 302 g/mol. The quantitative estimate of drug-likeness (QED) is 0.871. The van der Waals surface area contributed by atoms with Crippen LogP contribution in [0.1, 0.15) is 39.1 Å². The van der Waals surface area contributed by atoms with Crippen LogP contribution in [0.15, 0.2) is 12.1 Å². The van der Waals surface area contributed by atoms with Crippen LogP contribution in [0.4, 0.5) is 0 Å². The van der Waals surface area contributed by atoms with Gasteiger partial charge in [0.15, 0.2) is 5.78 Å². The summed E-state index contributed by atoms with van der Waals surface area (Å²) < 4.78 is 0. The largest absolute Gasteiger partial charge is 0.336 e. The third-order valence-corrected chi connectivity index (χ3v) is 4.45. The molecule has 4 nitrogen and oxygen atoms in total. The first kappa shape index (κ1) is 16.1. The number of hydrogen-bond donors (Lipinski definition) is 1. The van der Waals surface area contributed by atoms with E-state index < -0.39 is 0 Å². The van der Waals surface area contributed by atoms with E-state index in [0.717, 1.165) is 25.9 Å². The summed E-state index contributed by atoms with van der Waals surface area (Å²) in [5, 5.41) is 3.22. The molecule has 0 spiro atoms. The van der Waals surface area contributed by atoms with Crippen molar-refractivity contribution in [3.63, 3.8) is 0 Å². The molecule has 1 amide bonds. The highest BCUT2D eigenvalue weighted by molar-refractivity contribution is 7.15. The zero-order valence-corrected chi connectivity index (χ0v) is 12.8. The van der Waals surface area contributed by atoms with Gasteiger partial charge in [-0.2, -0.15) is 0 Å². The van der Waals surface area contributed by atoms with Gasteiger partial charge in [-0.15, -0.1) is 23.7 Å². The van der Waals surface area contributed by atoms with E-state index in [1.807, 2.05) is 11.9 Å². The molecule has 106 valence electrons. The Hall–Kier alpha value is -0.910. The van der Waals surface area contributed by atoms with Gasteiger partial charge in [-0.3, -0.25) is 9.59 Å². The summed E-state index contributed by atoms with van der Waals surface area (Å²) in [4.78, 5) is 26.7. The number of nitrogens with one attached hydrogen (secondary N) is 1. The fourth-order valence-corrected chi connectivity index (χ4v) is 3.06. The van der Waals surface area contributed by atoms with Crippen LogP contribution in [0.25, 0.3) is 0 Å². The van der Waals surface area contributed by atoms with Crippen LogP contribution >= 0.6 is 23.7 Å². The smallest absolute Gasteiger partial charge is 0.263 e. The molecule has 0 saturated carbocycles. The first-order chi connectivity index (χ1) is 8.61. The van der Waals surface area contributed by atoms with Crippen LogP contribution in [0.2, 0.25) is 0 Å². The van der Waals surface area contributed by atoms with Gasteiger partial charge in [-0.1, -0.05) is 0 Å². The number of piperidine rings is 1. The first-order valence-electron chi connectivity index (χ1n) is 6.19. The maximum Gasteiger partial charge on any atom is 0.263 e. The van der Waals surface area contributed by atoms with Crippen molar-refractivity contribution in [2.45, 2.75) is 25.8 Å². The van der Waals surface area contributed by atoms with E-state index >= 15 is 0 Å². The number of likely N-dealkylation sites (N-methyl/N-ethyl adjacent to an activating group) is 1. The lowest BCUT2D eigenvalue weighted by molar-refractivity contribution is 0.0703. The van der Waals surface area contributed by atoms with Crippen molar-refractivity contribution in [2.24, 2.45) is 0 Å². The number of thiophene rings is 1. The summed E-state index contributed by atoms with van der Waals surface area (Å²) in [7, 11) is 1.93. The Labute approximate surface area is 123 Å². The lowest BCUT2D eigenvalue weighted by Gasteiger charge is -2.32. The molecule has 1 N–H and O–H groups in total. The summed E-state index contributed by atoms with van der Waals surface area (Å²) in [6.07, 6.45) is 2.14. The molecule has 1 aromatic rings. The third-order valence-electron chi connectivity index (χ3n) is 3.28. The first-order valence-corrected chi connectivity index (χ1v) is 7.00. The fraction of sp³-hybridized carbons (Fsp3) is 0.538. The van der Waals surface area contributed by atoms with Crippen LogP contribution in [0, 0.1) is 0 Å². The van der Waals surface area contributed by atoms with Crippen LogP contribution < -0.4 is 5.32 Å². The van der Waals surface area contributed by atoms with E-state index in [2.05, 4.69) is 5.32 Å². The zero-order chi connectivity index (χ0) is 13.1. The molecule has 1 aliphatic rings. The lowest BCUT2D eigenvalue weighted by Crippen LogP contribution is -2.46. The average Bonchev–Trinajstić information content (AvgIpc) is 2.87. The van der Waals surface area contributed by atoms with Gasteiger partial charge in [-0.05, 0) is 38.9 Å². The number of amides is 1. The van der Waals surface area contributed by atoms with Crippen molar-refractivity contribution < 1.29 is 9.59 Å². The summed E-state index contributed by atoms with van der Waals surface area (Å²) >= 11 is 1.29. The molecular formula is C13H19ClN2O2S. The van der Waals surface area contributed by atoms with Crippen molar-refractivity contribution in [2.75, 3.05) is 20.1 Å². The Morgan fingerprint density at radius 2 is 2.05 bits per heavy atom. The predicted octanol–water partition coefficient (Wildman–Crippen LogP) is 2.20. The fourth-order valence-electron chi connectivity index (χ4n) is 2.20. The van der Waals surface area contributed by atoms with Crippen LogP contribution in [0.3, 0.4) is 0 Å². The normalized spacial score (nSPS) is 18.8. The second-order valence-corrected chi connectivity index (χ2v) is 5.68. The molecule has 2 rings (SSSR count). The second kappa shape index (κ2) is 7.03. The lowest BCUT2D eigenvalue weighted by atomic mass is 10.1. The molecule has 6 heteroatoms. The van der Waals surface area contributed by atoms with Gasteiger partial charge in [0.05, 0.1) is 9.75 Å². The summed E-state index contributed by atoms with van der Waals surface area (Å²) in [6, 6.07) is 3.88. The Bertz CT molecular complexity index is 461. The van der Waals surface area contributed by atoms with E-state index in [1.54, 1.807) is 12.1 Å². The molecule has 0 radical (unpaired) electrons. The SMILES string of the molecule is CNC1CCCN(C(=O)c2ccc(C(C)=O)s2)C1.Cl. The molecule has 1 fully saturated rings. The number of carbonyl (C=O) groups is 2. The molecule has 1 atom stereocenters. The van der Waals surface area contributed by atoms with Gasteiger partial charge >= 0.3 is 0 Å². The number of nitrogens with zero attached hydrogens (tertiary/aromatic N) is 1. The second-order valence-electron chi connectivity index (χ2n) is 4.60. The summed E-state index contributed by atoms with van der Waals surface area (Å²) in [5.74, 6) is 0.0678. The van der Waals surface area contributed by atoms with E-state index in [0.29, 0.717) is 15.8 Å². The Balaban J connectivity index is 0.00000180. The number of ketones is 1. The van der Waals surface area contributed by atoms with Crippen LogP contribution in [0.5, 0.6) is 0 Å². The number of Topliss-reactive ketones (excluding diaryl/α,β-unsaturated/α-hetero) is 1. The Morgan fingerprint density at radius 3 is 2.63 bits per heavy atom. The van der Waals surface area contributed by atoms with E-state index in [4.69, 9.17) is 0 Å². The van der Waals surface area contributed by atoms with Gasteiger partial charge in [0, 0.05) is 19.1 Å². The maximum atomic E-state index is 12.3. The number of carbonyl (C=O) groups excluding carboxylic acids is 2. The molecule has 1 unspecified atom stereocenters. The Kier molecular flexibility index (Phi) is 5.97. The molecule has 19 heavy (non-hydrogen) atoms. The third kappa shape index (κ3) is 3.78. The number of halogens is 1. The topological polar surface area (TPSA) is 49.4 Å². The van der Waals surface area contributed by atoms with Crippen molar-refractivity contribution >= 4 is 35.4 Å². The Morgan fingerprint density at radius 1 is 1.37 bits per heavy atom. The van der Waals surface area contributed by atoms with Crippen LogP contribution in [-0.2, 0) is 0 Å². The number of likely N-dealkylation sites (tertiary alicyclic amines) is 1. The zero-order valence-electron chi connectivity index (χ0n) is 11.1. The molecule has 0 aromatic carbocycles. The minimum absolute atomic E-state index is 0. The highest BCUT2D eigenvalue weighted by Gasteiger charge is 2.24. The molecule has 1 aromatic heterocycles. The van der Waals surface area contributed by atoms with Gasteiger partial charge < -0.3 is 10.2 Å². The molecule has 0 aliphatic carbocycles. The molecule has 0 bridgehead atoms. The number of rotatable bonds is 3. The van der Waals surface area contributed by atoms with Crippen molar-refractivity contribution in [1.29, 1.82) is 0 Å². The highest BCUT2D eigenvalue weighted by Crippen LogP contribution is 2.21. The minimum Gasteiger partial charge on any atom is -0.336 e. The maximum absolute atomic E-state index is 12.3. The molecule has 1 saturated heterocycles. The predicted molar refractivity (Wildman–Crippen MR) is 79.6 cm³/mol. The van der Waals surface area contributed by atoms with E-state index in [9.17, 15) is 9.59 Å². The standard InChI is InChI=1S/C13H18N2O2S.ClH/c1-9(16)11-5-6-12(18-11)13(17)15-7-3-4-10(8-15)14-2;/h5-6,10,14H,3-4,7-8H2,1-2H3;1H. The van der Waals surface area contributed by atoms with Gasteiger partial charge in [0.2, 0.25) is 0 Å². The van der Waals surface area contributed by atoms with E-state index in [1.165, 1.54) is 18.3 Å². The minimum atomic E-state index is 0. The molecule has 2 heterocycles. The van der Waals surface area contributed by atoms with E-state index in [-0.39, 0.29) is 24.1 Å². The summed E-state index contributed by atoms with van der Waals surface area (Å²) in [5.41, 5.74) is 0. The van der Waals surface area contributed by atoms with Gasteiger partial charge in [0.25, 0.3) is 5.91 Å². The van der Waals surface area contributed by atoms with Crippen LogP contribution in [-0.4, -0.2) is 42.8 Å². The molecule has 1 aliphatic heterocycles. The van der Waals surface area contributed by atoms with Gasteiger partial charge in [0.1, 0.15) is 0 Å². The average molecular weight is 303 g/mol. The highest BCUT2D eigenvalue weighted by atomic mass is 35.5.